The number of ether oxygens (including phenoxy) is 1. The minimum absolute atomic E-state index is 0.00621. The fourth-order valence-corrected chi connectivity index (χ4v) is 3.90. The Kier molecular flexibility index (Phi) is 7.75. The number of carbonyl (C=O) groups excluding carboxylic acids is 2. The number of carbonyl (C=O) groups is 2. The molecular formula is C23H26Cl2N2O3. The van der Waals surface area contributed by atoms with Crippen molar-refractivity contribution in [2.45, 2.75) is 33.2 Å². The number of halogens is 2. The lowest BCUT2D eigenvalue weighted by Gasteiger charge is -2.31. The molecule has 0 unspecified atom stereocenters. The van der Waals surface area contributed by atoms with E-state index in [1.165, 1.54) is 0 Å². The Morgan fingerprint density at radius 2 is 1.83 bits per heavy atom. The summed E-state index contributed by atoms with van der Waals surface area (Å²) in [5, 5.41) is 4.11. The number of likely N-dealkylation sites (tertiary alicyclic amines) is 1. The van der Waals surface area contributed by atoms with E-state index in [4.69, 9.17) is 27.9 Å². The first kappa shape index (κ1) is 22.6. The van der Waals surface area contributed by atoms with E-state index in [0.29, 0.717) is 27.9 Å². The van der Waals surface area contributed by atoms with Gasteiger partial charge in [0.25, 0.3) is 0 Å². The Hall–Kier alpha value is -2.08. The molecule has 1 heterocycles. The second-order valence-electron chi connectivity index (χ2n) is 7.54. The van der Waals surface area contributed by atoms with Crippen LogP contribution < -0.4 is 5.32 Å². The molecule has 30 heavy (non-hydrogen) atoms. The van der Waals surface area contributed by atoms with Crippen LogP contribution in [0.4, 0.5) is 5.69 Å². The van der Waals surface area contributed by atoms with Crippen molar-refractivity contribution in [2.24, 2.45) is 5.92 Å². The van der Waals surface area contributed by atoms with Crippen molar-refractivity contribution >= 4 is 40.8 Å². The number of hydrogen-bond acceptors (Lipinski definition) is 4. The monoisotopic (exact) mass is 448 g/mol. The molecule has 0 aromatic heterocycles. The van der Waals surface area contributed by atoms with Crippen molar-refractivity contribution in [3.05, 3.63) is 63.1 Å². The Morgan fingerprint density at radius 1 is 1.10 bits per heavy atom. The predicted molar refractivity (Wildman–Crippen MR) is 120 cm³/mol. The number of nitrogens with zero attached hydrogens (tertiary/aromatic N) is 1. The highest BCUT2D eigenvalue weighted by molar-refractivity contribution is 6.42. The van der Waals surface area contributed by atoms with Crippen molar-refractivity contribution in [2.75, 3.05) is 25.0 Å². The van der Waals surface area contributed by atoms with Crippen LogP contribution in [0.3, 0.4) is 0 Å². The predicted octanol–water partition coefficient (Wildman–Crippen LogP) is 5.33. The number of benzene rings is 2. The lowest BCUT2D eigenvalue weighted by molar-refractivity contribution is -0.121. The first-order valence-corrected chi connectivity index (χ1v) is 10.9. The summed E-state index contributed by atoms with van der Waals surface area (Å²) in [4.78, 5) is 27.1. The van der Waals surface area contributed by atoms with Gasteiger partial charge in [-0.3, -0.25) is 9.69 Å². The zero-order valence-corrected chi connectivity index (χ0v) is 18.7. The maximum atomic E-state index is 12.8. The van der Waals surface area contributed by atoms with Gasteiger partial charge < -0.3 is 10.1 Å². The zero-order valence-electron chi connectivity index (χ0n) is 17.2. The number of amides is 1. The van der Waals surface area contributed by atoms with Gasteiger partial charge in [-0.25, -0.2) is 4.79 Å². The first-order chi connectivity index (χ1) is 14.4. The molecule has 2 aromatic rings. The molecule has 1 aliphatic heterocycles. The molecule has 0 atom stereocenters. The summed E-state index contributed by atoms with van der Waals surface area (Å²) in [6.45, 7) is 6.44. The van der Waals surface area contributed by atoms with Gasteiger partial charge in [0.05, 0.1) is 22.2 Å². The molecule has 7 heteroatoms. The van der Waals surface area contributed by atoms with Crippen LogP contribution in [0.25, 0.3) is 0 Å². The molecule has 3 rings (SSSR count). The van der Waals surface area contributed by atoms with Gasteiger partial charge in [0.1, 0.15) is 0 Å². The van der Waals surface area contributed by atoms with E-state index in [1.807, 2.05) is 31.2 Å². The van der Waals surface area contributed by atoms with Crippen LogP contribution in [-0.4, -0.2) is 36.5 Å². The summed E-state index contributed by atoms with van der Waals surface area (Å²) >= 11 is 12.1. The van der Waals surface area contributed by atoms with Gasteiger partial charge in [-0.15, -0.1) is 0 Å². The topological polar surface area (TPSA) is 58.6 Å². The van der Waals surface area contributed by atoms with Crippen LogP contribution in [0.5, 0.6) is 0 Å². The first-order valence-electron chi connectivity index (χ1n) is 10.1. The Balaban J connectivity index is 1.56. The smallest absolute Gasteiger partial charge is 0.338 e. The minimum atomic E-state index is -0.386. The normalized spacial score (nSPS) is 15.1. The molecule has 0 spiro atoms. The van der Waals surface area contributed by atoms with Crippen molar-refractivity contribution in [3.8, 4) is 0 Å². The highest BCUT2D eigenvalue weighted by atomic mass is 35.5. The van der Waals surface area contributed by atoms with Crippen LogP contribution in [0.2, 0.25) is 10.0 Å². The van der Waals surface area contributed by atoms with Crippen molar-refractivity contribution in [3.63, 3.8) is 0 Å². The summed E-state index contributed by atoms with van der Waals surface area (Å²) in [5.41, 5.74) is 3.12. The number of hydrogen-bond donors (Lipinski definition) is 1. The van der Waals surface area contributed by atoms with Crippen LogP contribution in [0.15, 0.2) is 36.4 Å². The molecular weight excluding hydrogens is 423 g/mol. The van der Waals surface area contributed by atoms with E-state index in [9.17, 15) is 9.59 Å². The van der Waals surface area contributed by atoms with E-state index in [0.717, 1.165) is 43.6 Å². The Labute approximate surface area is 187 Å². The standard InChI is InChI=1S/C23H26Cl2N2O3/c1-3-30-23(29)18-6-4-15(2)21(13-18)26-22(28)17-8-10-27(11-9-17)14-16-5-7-19(24)20(25)12-16/h4-7,12-13,17H,3,8-11,14H2,1-2H3,(H,26,28). The zero-order chi connectivity index (χ0) is 21.7. The van der Waals surface area contributed by atoms with E-state index in [1.54, 1.807) is 19.1 Å². The van der Waals surface area contributed by atoms with Gasteiger partial charge in [0.15, 0.2) is 0 Å². The lowest BCUT2D eigenvalue weighted by Crippen LogP contribution is -2.37. The van der Waals surface area contributed by atoms with E-state index < -0.39 is 0 Å². The molecule has 1 amide bonds. The van der Waals surface area contributed by atoms with Crippen molar-refractivity contribution < 1.29 is 14.3 Å². The summed E-state index contributed by atoms with van der Waals surface area (Å²) in [7, 11) is 0. The van der Waals surface area contributed by atoms with Crippen LogP contribution in [0.1, 0.15) is 41.3 Å². The molecule has 1 N–H and O–H groups in total. The highest BCUT2D eigenvalue weighted by Gasteiger charge is 2.25. The number of esters is 1. The summed E-state index contributed by atoms with van der Waals surface area (Å²) in [6, 6.07) is 10.9. The van der Waals surface area contributed by atoms with E-state index in [-0.39, 0.29) is 17.8 Å². The number of aryl methyl sites for hydroxylation is 1. The van der Waals surface area contributed by atoms with Crippen molar-refractivity contribution in [1.82, 2.24) is 4.90 Å². The van der Waals surface area contributed by atoms with Gasteiger partial charge in [-0.05, 0) is 75.2 Å². The van der Waals surface area contributed by atoms with Gasteiger partial charge in [-0.2, -0.15) is 0 Å². The Morgan fingerprint density at radius 3 is 2.50 bits per heavy atom. The maximum Gasteiger partial charge on any atom is 0.338 e. The summed E-state index contributed by atoms with van der Waals surface area (Å²) < 4.78 is 5.05. The molecule has 1 saturated heterocycles. The van der Waals surface area contributed by atoms with Crippen LogP contribution in [0, 0.1) is 12.8 Å². The number of anilines is 1. The molecule has 5 nitrogen and oxygen atoms in total. The van der Waals surface area contributed by atoms with Gasteiger partial charge in [0.2, 0.25) is 5.91 Å². The third-order valence-electron chi connectivity index (χ3n) is 5.36. The van der Waals surface area contributed by atoms with Gasteiger partial charge in [0, 0.05) is 18.2 Å². The van der Waals surface area contributed by atoms with E-state index in [2.05, 4.69) is 10.2 Å². The lowest BCUT2D eigenvalue weighted by atomic mass is 9.95. The molecule has 1 fully saturated rings. The molecule has 0 saturated carbocycles. The number of rotatable bonds is 6. The Bertz CT molecular complexity index is 925. The second kappa shape index (κ2) is 10.3. The fraction of sp³-hybridized carbons (Fsp3) is 0.391. The van der Waals surface area contributed by atoms with Crippen molar-refractivity contribution in [1.29, 1.82) is 0 Å². The SMILES string of the molecule is CCOC(=O)c1ccc(C)c(NC(=O)C2CCN(Cc3ccc(Cl)c(Cl)c3)CC2)c1. The fourth-order valence-electron chi connectivity index (χ4n) is 3.58. The van der Waals surface area contributed by atoms with Gasteiger partial charge >= 0.3 is 5.97 Å². The van der Waals surface area contributed by atoms with Crippen LogP contribution >= 0.6 is 23.2 Å². The molecule has 1 aliphatic rings. The molecule has 2 aromatic carbocycles. The summed E-state index contributed by atoms with van der Waals surface area (Å²) in [5.74, 6) is -0.447. The third kappa shape index (κ3) is 5.75. The quantitative estimate of drug-likeness (QED) is 0.606. The maximum absolute atomic E-state index is 12.8. The average molecular weight is 449 g/mol. The number of piperidine rings is 1. The molecule has 160 valence electrons. The molecule has 0 bridgehead atoms. The molecule has 0 radical (unpaired) electrons. The largest absolute Gasteiger partial charge is 0.462 e. The average Bonchev–Trinajstić information content (AvgIpc) is 2.73. The number of nitrogens with one attached hydrogen (secondary N) is 1. The van der Waals surface area contributed by atoms with Gasteiger partial charge in [-0.1, -0.05) is 35.3 Å². The van der Waals surface area contributed by atoms with E-state index >= 15 is 0 Å². The minimum Gasteiger partial charge on any atom is -0.462 e. The van der Waals surface area contributed by atoms with Crippen LogP contribution in [-0.2, 0) is 16.1 Å². The summed E-state index contributed by atoms with van der Waals surface area (Å²) in [6.07, 6.45) is 1.56. The third-order valence-corrected chi connectivity index (χ3v) is 6.09. The highest BCUT2D eigenvalue weighted by Crippen LogP contribution is 2.26. The molecule has 0 aliphatic carbocycles. The second-order valence-corrected chi connectivity index (χ2v) is 8.35.